The van der Waals surface area contributed by atoms with Crippen molar-refractivity contribution in [2.75, 3.05) is 0 Å². The second-order valence-corrected chi connectivity index (χ2v) is 3.58. The van der Waals surface area contributed by atoms with Crippen molar-refractivity contribution in [3.8, 4) is 0 Å². The van der Waals surface area contributed by atoms with Crippen molar-refractivity contribution in [1.29, 1.82) is 0 Å². The summed E-state index contributed by atoms with van der Waals surface area (Å²) in [6.45, 7) is 1.68. The zero-order chi connectivity index (χ0) is 11.7. The van der Waals surface area contributed by atoms with E-state index in [1.54, 1.807) is 6.92 Å². The minimum atomic E-state index is -1.05. The number of hydrogen-bond donors (Lipinski definition) is 1. The average molecular weight is 226 g/mol. The Kier molecular flexibility index (Phi) is 2.89. The van der Waals surface area contributed by atoms with Crippen LogP contribution in [0.15, 0.2) is 24.3 Å². The first-order valence-electron chi connectivity index (χ1n) is 4.87. The van der Waals surface area contributed by atoms with Gasteiger partial charge in [0.05, 0.1) is 0 Å². The first kappa shape index (κ1) is 11.0. The smallest absolute Gasteiger partial charge is 0.316 e. The number of halogens is 1. The van der Waals surface area contributed by atoms with E-state index in [0.717, 1.165) is 0 Å². The van der Waals surface area contributed by atoms with Crippen LogP contribution >= 0.6 is 0 Å². The van der Waals surface area contributed by atoms with Crippen molar-refractivity contribution in [1.82, 2.24) is 0 Å². The molecule has 0 amide bonds. The van der Waals surface area contributed by atoms with Crippen molar-refractivity contribution in [2.45, 2.75) is 25.4 Å². The van der Waals surface area contributed by atoms with Gasteiger partial charge >= 0.3 is 5.97 Å². The molecule has 1 aliphatic rings. The number of carboxylic acids is 1. The Labute approximate surface area is 91.6 Å². The predicted molar refractivity (Wildman–Crippen MR) is 52.2 cm³/mol. The third-order valence-corrected chi connectivity index (χ3v) is 2.42. The molecule has 1 N–H and O–H groups in total. The lowest BCUT2D eigenvalue weighted by atomic mass is 9.98. The molecule has 1 fully saturated rings. The SMILES string of the molecule is CC1OC(C(C(=O)O)c2ccc(F)cc2)O1. The molecule has 0 radical (unpaired) electrons. The van der Waals surface area contributed by atoms with Crippen LogP contribution in [0.5, 0.6) is 0 Å². The quantitative estimate of drug-likeness (QED) is 0.852. The van der Waals surface area contributed by atoms with Gasteiger partial charge in [-0.1, -0.05) is 12.1 Å². The maximum atomic E-state index is 12.7. The van der Waals surface area contributed by atoms with Crippen LogP contribution in [0, 0.1) is 5.82 Å². The molecule has 5 heteroatoms. The average Bonchev–Trinajstić information content (AvgIpc) is 2.18. The Bertz CT molecular complexity index is 383. The fourth-order valence-corrected chi connectivity index (χ4v) is 1.63. The monoisotopic (exact) mass is 226 g/mol. The topological polar surface area (TPSA) is 55.8 Å². The molecular weight excluding hydrogens is 215 g/mol. The predicted octanol–water partition coefficient (Wildman–Crippen LogP) is 1.71. The molecule has 0 saturated carbocycles. The number of rotatable bonds is 3. The minimum Gasteiger partial charge on any atom is -0.481 e. The van der Waals surface area contributed by atoms with Crippen molar-refractivity contribution in [2.24, 2.45) is 0 Å². The molecule has 2 rings (SSSR count). The fourth-order valence-electron chi connectivity index (χ4n) is 1.63. The van der Waals surface area contributed by atoms with Gasteiger partial charge in [0.1, 0.15) is 11.7 Å². The van der Waals surface area contributed by atoms with Gasteiger partial charge in [0.25, 0.3) is 0 Å². The number of ether oxygens (including phenoxy) is 2. The van der Waals surface area contributed by atoms with E-state index in [0.29, 0.717) is 5.56 Å². The summed E-state index contributed by atoms with van der Waals surface area (Å²) < 4.78 is 23.0. The molecule has 16 heavy (non-hydrogen) atoms. The lowest BCUT2D eigenvalue weighted by Crippen LogP contribution is -2.45. The van der Waals surface area contributed by atoms with E-state index in [9.17, 15) is 9.18 Å². The van der Waals surface area contributed by atoms with E-state index >= 15 is 0 Å². The molecule has 86 valence electrons. The van der Waals surface area contributed by atoms with E-state index in [-0.39, 0.29) is 6.29 Å². The van der Waals surface area contributed by atoms with Crippen LogP contribution < -0.4 is 0 Å². The largest absolute Gasteiger partial charge is 0.481 e. The number of carboxylic acid groups (broad SMARTS) is 1. The lowest BCUT2D eigenvalue weighted by Gasteiger charge is -2.37. The first-order valence-corrected chi connectivity index (χ1v) is 4.87. The normalized spacial score (nSPS) is 25.9. The van der Waals surface area contributed by atoms with Crippen molar-refractivity contribution in [3.05, 3.63) is 35.6 Å². The molecule has 1 saturated heterocycles. The molecule has 1 heterocycles. The van der Waals surface area contributed by atoms with Crippen LogP contribution in [0.3, 0.4) is 0 Å². The van der Waals surface area contributed by atoms with Gasteiger partial charge in [0.15, 0.2) is 12.6 Å². The molecule has 0 aromatic heterocycles. The van der Waals surface area contributed by atoms with Crippen molar-refractivity contribution in [3.63, 3.8) is 0 Å². The van der Waals surface area contributed by atoms with Crippen LogP contribution in [0.4, 0.5) is 4.39 Å². The molecule has 0 spiro atoms. The van der Waals surface area contributed by atoms with Gasteiger partial charge in [0.2, 0.25) is 0 Å². The third-order valence-electron chi connectivity index (χ3n) is 2.42. The van der Waals surface area contributed by atoms with Gasteiger partial charge in [-0.15, -0.1) is 0 Å². The van der Waals surface area contributed by atoms with E-state index in [4.69, 9.17) is 14.6 Å². The van der Waals surface area contributed by atoms with Gasteiger partial charge in [-0.25, -0.2) is 4.39 Å². The van der Waals surface area contributed by atoms with Gasteiger partial charge in [0, 0.05) is 0 Å². The van der Waals surface area contributed by atoms with E-state index in [1.807, 2.05) is 0 Å². The van der Waals surface area contributed by atoms with E-state index in [1.165, 1.54) is 24.3 Å². The zero-order valence-corrected chi connectivity index (χ0v) is 8.59. The van der Waals surface area contributed by atoms with Crippen molar-refractivity contribution >= 4 is 5.97 Å². The van der Waals surface area contributed by atoms with Gasteiger partial charge < -0.3 is 14.6 Å². The Hall–Kier alpha value is -1.46. The van der Waals surface area contributed by atoms with E-state index < -0.39 is 24.0 Å². The summed E-state index contributed by atoms with van der Waals surface area (Å²) in [5.41, 5.74) is 0.464. The molecule has 1 unspecified atom stereocenters. The number of carbonyl (C=O) groups is 1. The van der Waals surface area contributed by atoms with Crippen LogP contribution in [0.1, 0.15) is 18.4 Å². The summed E-state index contributed by atoms with van der Waals surface area (Å²) in [6.07, 6.45) is -1.18. The van der Waals surface area contributed by atoms with Crippen molar-refractivity contribution < 1.29 is 23.8 Å². The number of hydrogen-bond acceptors (Lipinski definition) is 3. The Morgan fingerprint density at radius 3 is 2.38 bits per heavy atom. The molecule has 4 nitrogen and oxygen atoms in total. The lowest BCUT2D eigenvalue weighted by molar-refractivity contribution is -0.380. The highest BCUT2D eigenvalue weighted by molar-refractivity contribution is 5.76. The molecule has 1 aromatic carbocycles. The van der Waals surface area contributed by atoms with Gasteiger partial charge in [-0.2, -0.15) is 0 Å². The van der Waals surface area contributed by atoms with E-state index in [2.05, 4.69) is 0 Å². The van der Waals surface area contributed by atoms with Crippen LogP contribution in [0.2, 0.25) is 0 Å². The fraction of sp³-hybridized carbons (Fsp3) is 0.364. The molecule has 1 atom stereocenters. The highest BCUT2D eigenvalue weighted by Gasteiger charge is 2.40. The maximum absolute atomic E-state index is 12.7. The standard InChI is InChI=1S/C11H11FO4/c1-6-15-11(16-6)9(10(13)14)7-2-4-8(12)5-3-7/h2-6,9,11H,1H3,(H,13,14). The molecule has 0 aliphatic carbocycles. The molecule has 1 aromatic rings. The zero-order valence-electron chi connectivity index (χ0n) is 8.59. The highest BCUT2D eigenvalue weighted by Crippen LogP contribution is 2.31. The summed E-state index contributed by atoms with van der Waals surface area (Å²) in [7, 11) is 0. The Morgan fingerprint density at radius 2 is 1.94 bits per heavy atom. The summed E-state index contributed by atoms with van der Waals surface area (Å²) in [5.74, 6) is -2.38. The van der Waals surface area contributed by atoms with Crippen LogP contribution in [0.25, 0.3) is 0 Å². The number of aliphatic carboxylic acids is 1. The summed E-state index contributed by atoms with van der Waals surface area (Å²) >= 11 is 0. The van der Waals surface area contributed by atoms with Gasteiger partial charge in [-0.3, -0.25) is 4.79 Å². The second kappa shape index (κ2) is 4.19. The van der Waals surface area contributed by atoms with Crippen LogP contribution in [-0.4, -0.2) is 23.7 Å². The second-order valence-electron chi connectivity index (χ2n) is 3.58. The highest BCUT2D eigenvalue weighted by atomic mass is 19.1. The summed E-state index contributed by atoms with van der Waals surface area (Å²) in [6, 6.07) is 5.27. The summed E-state index contributed by atoms with van der Waals surface area (Å²) in [4.78, 5) is 11.1. The Balaban J connectivity index is 2.19. The first-order chi connectivity index (χ1) is 7.58. The number of benzene rings is 1. The Morgan fingerprint density at radius 1 is 1.38 bits per heavy atom. The molecular formula is C11H11FO4. The summed E-state index contributed by atoms with van der Waals surface area (Å²) in [5, 5.41) is 9.06. The maximum Gasteiger partial charge on any atom is 0.316 e. The third kappa shape index (κ3) is 2.05. The molecule has 0 bridgehead atoms. The van der Waals surface area contributed by atoms with Crippen LogP contribution in [-0.2, 0) is 14.3 Å². The minimum absolute atomic E-state index is 0.382. The van der Waals surface area contributed by atoms with Gasteiger partial charge in [-0.05, 0) is 24.6 Å². The molecule has 1 aliphatic heterocycles.